The zero-order valence-corrected chi connectivity index (χ0v) is 30.6. The van der Waals surface area contributed by atoms with Crippen LogP contribution in [0.2, 0.25) is 0 Å². The van der Waals surface area contributed by atoms with Crippen molar-refractivity contribution in [3.63, 3.8) is 0 Å². The van der Waals surface area contributed by atoms with Gasteiger partial charge in [0.25, 0.3) is 0 Å². The molecule has 0 aliphatic rings. The number of para-hydroxylation sites is 1. The summed E-state index contributed by atoms with van der Waals surface area (Å²) in [6.45, 7) is 0. The Morgan fingerprint density at radius 1 is 0.304 bits per heavy atom. The highest BCUT2D eigenvalue weighted by molar-refractivity contribution is 6.10. The summed E-state index contributed by atoms with van der Waals surface area (Å²) in [5, 5.41) is 2.33. The standard InChI is InChI=1S/C52H36N4/c1-4-12-37(13-5-1)40-20-27-45(28-21-40)55(46-29-22-41(23-30-46)38-14-6-2-7-15-38)47-31-24-42(25-32-47)43-26-33-51-49(34-43)48-18-10-11-19-50(48)56(51)52-53-35-44(36-54-52)39-16-8-3-9-17-39/h1-36H. The summed E-state index contributed by atoms with van der Waals surface area (Å²) in [5.74, 6) is 0.654. The van der Waals surface area contributed by atoms with Crippen molar-refractivity contribution < 1.29 is 0 Å². The number of benzene rings is 8. The van der Waals surface area contributed by atoms with Crippen molar-refractivity contribution >= 4 is 38.9 Å². The maximum Gasteiger partial charge on any atom is 0.234 e. The van der Waals surface area contributed by atoms with Crippen molar-refractivity contribution in [2.45, 2.75) is 0 Å². The Labute approximate surface area is 326 Å². The number of fused-ring (bicyclic) bond motifs is 3. The molecule has 0 N–H and O–H groups in total. The second kappa shape index (κ2) is 14.3. The number of nitrogens with zero attached hydrogens (tertiary/aromatic N) is 4. The van der Waals surface area contributed by atoms with E-state index in [4.69, 9.17) is 9.97 Å². The molecular weight excluding hydrogens is 681 g/mol. The minimum absolute atomic E-state index is 0.654. The van der Waals surface area contributed by atoms with Crippen molar-refractivity contribution in [1.29, 1.82) is 0 Å². The lowest BCUT2D eigenvalue weighted by molar-refractivity contribution is 0.990. The first-order valence-corrected chi connectivity index (χ1v) is 18.9. The molecule has 0 radical (unpaired) electrons. The molecule has 2 aromatic heterocycles. The van der Waals surface area contributed by atoms with Crippen LogP contribution in [0, 0.1) is 0 Å². The van der Waals surface area contributed by atoms with Crippen LogP contribution in [-0.4, -0.2) is 14.5 Å². The van der Waals surface area contributed by atoms with Crippen LogP contribution in [-0.2, 0) is 0 Å². The molecule has 0 fully saturated rings. The minimum Gasteiger partial charge on any atom is -0.311 e. The summed E-state index contributed by atoms with van der Waals surface area (Å²) >= 11 is 0. The van der Waals surface area contributed by atoms with E-state index in [1.54, 1.807) is 0 Å². The Kier molecular flexibility index (Phi) is 8.47. The van der Waals surface area contributed by atoms with E-state index >= 15 is 0 Å². The number of hydrogen-bond donors (Lipinski definition) is 0. The van der Waals surface area contributed by atoms with Gasteiger partial charge in [-0.15, -0.1) is 0 Å². The maximum atomic E-state index is 4.84. The Bertz CT molecular complexity index is 2820. The molecule has 0 aliphatic heterocycles. The largest absolute Gasteiger partial charge is 0.311 e. The van der Waals surface area contributed by atoms with Crippen LogP contribution in [0.3, 0.4) is 0 Å². The van der Waals surface area contributed by atoms with Crippen molar-refractivity contribution in [1.82, 2.24) is 14.5 Å². The fraction of sp³-hybridized carbons (Fsp3) is 0. The summed E-state index contributed by atoms with van der Waals surface area (Å²) in [6, 6.07) is 73.1. The van der Waals surface area contributed by atoms with Crippen LogP contribution in [0.15, 0.2) is 219 Å². The first-order valence-electron chi connectivity index (χ1n) is 18.9. The number of rotatable bonds is 8. The van der Waals surface area contributed by atoms with Crippen molar-refractivity contribution in [3.05, 3.63) is 219 Å². The van der Waals surface area contributed by atoms with E-state index in [0.29, 0.717) is 5.95 Å². The Morgan fingerprint density at radius 3 is 1.18 bits per heavy atom. The van der Waals surface area contributed by atoms with Gasteiger partial charge in [0.1, 0.15) is 0 Å². The minimum atomic E-state index is 0.654. The topological polar surface area (TPSA) is 34.0 Å². The summed E-state index contributed by atoms with van der Waals surface area (Å²) < 4.78 is 2.16. The highest BCUT2D eigenvalue weighted by atomic mass is 15.2. The van der Waals surface area contributed by atoms with E-state index in [9.17, 15) is 0 Å². The molecule has 0 atom stereocenters. The number of anilines is 3. The van der Waals surface area contributed by atoms with Gasteiger partial charge in [0.2, 0.25) is 5.95 Å². The lowest BCUT2D eigenvalue weighted by atomic mass is 10.0. The van der Waals surface area contributed by atoms with E-state index in [-0.39, 0.29) is 0 Å². The molecule has 0 saturated heterocycles. The molecule has 10 rings (SSSR count). The van der Waals surface area contributed by atoms with Gasteiger partial charge in [-0.1, -0.05) is 152 Å². The van der Waals surface area contributed by atoms with Crippen molar-refractivity contribution in [3.8, 4) is 50.5 Å². The molecule has 0 spiro atoms. The molecule has 8 aromatic carbocycles. The first kappa shape index (κ1) is 33.0. The fourth-order valence-corrected chi connectivity index (χ4v) is 7.70. The second-order valence-electron chi connectivity index (χ2n) is 13.9. The average Bonchev–Trinajstić information content (AvgIpc) is 3.62. The SMILES string of the molecule is c1ccc(-c2ccc(N(c3ccc(-c4ccccc4)cc3)c3ccc(-c4ccc5c(c4)c4ccccc4n5-c4ncc(-c5ccccc5)cn4)cc3)cc2)cc1. The molecule has 4 nitrogen and oxygen atoms in total. The molecule has 56 heavy (non-hydrogen) atoms. The van der Waals surface area contributed by atoms with Gasteiger partial charge in [-0.25, -0.2) is 9.97 Å². The van der Waals surface area contributed by atoms with E-state index in [1.807, 2.05) is 30.6 Å². The van der Waals surface area contributed by atoms with E-state index in [2.05, 4.69) is 198 Å². The van der Waals surface area contributed by atoms with Crippen LogP contribution in [0.5, 0.6) is 0 Å². The summed E-state index contributed by atoms with van der Waals surface area (Å²) in [6.07, 6.45) is 3.82. The Hall–Kier alpha value is -7.56. The van der Waals surface area contributed by atoms with E-state index in [0.717, 1.165) is 55.7 Å². The smallest absolute Gasteiger partial charge is 0.234 e. The Balaban J connectivity index is 1.01. The predicted molar refractivity (Wildman–Crippen MR) is 233 cm³/mol. The number of hydrogen-bond acceptors (Lipinski definition) is 3. The van der Waals surface area contributed by atoms with Gasteiger partial charge in [0.05, 0.1) is 11.0 Å². The predicted octanol–water partition coefficient (Wildman–Crippen LogP) is 13.7. The highest BCUT2D eigenvalue weighted by Gasteiger charge is 2.17. The molecule has 0 bridgehead atoms. The monoisotopic (exact) mass is 716 g/mol. The zero-order valence-electron chi connectivity index (χ0n) is 30.6. The molecular formula is C52H36N4. The molecule has 10 aromatic rings. The van der Waals surface area contributed by atoms with Crippen molar-refractivity contribution in [2.75, 3.05) is 4.90 Å². The van der Waals surface area contributed by atoms with Crippen LogP contribution < -0.4 is 4.90 Å². The molecule has 0 saturated carbocycles. The summed E-state index contributed by atoms with van der Waals surface area (Å²) in [7, 11) is 0. The zero-order chi connectivity index (χ0) is 37.3. The fourth-order valence-electron chi connectivity index (χ4n) is 7.70. The molecule has 4 heteroatoms. The Morgan fingerprint density at radius 2 is 0.679 bits per heavy atom. The van der Waals surface area contributed by atoms with Gasteiger partial charge in [0, 0.05) is 45.8 Å². The molecule has 2 heterocycles. The van der Waals surface area contributed by atoms with Gasteiger partial charge < -0.3 is 4.90 Å². The van der Waals surface area contributed by atoms with E-state index in [1.165, 1.54) is 27.6 Å². The lowest BCUT2D eigenvalue weighted by Gasteiger charge is -2.26. The molecule has 0 aliphatic carbocycles. The second-order valence-corrected chi connectivity index (χ2v) is 13.9. The van der Waals surface area contributed by atoms with Crippen LogP contribution >= 0.6 is 0 Å². The molecule has 0 unspecified atom stereocenters. The van der Waals surface area contributed by atoms with Crippen LogP contribution in [0.25, 0.3) is 72.3 Å². The lowest BCUT2D eigenvalue weighted by Crippen LogP contribution is -2.09. The van der Waals surface area contributed by atoms with Gasteiger partial charge in [-0.3, -0.25) is 4.57 Å². The molecule has 264 valence electrons. The van der Waals surface area contributed by atoms with E-state index < -0.39 is 0 Å². The normalized spacial score (nSPS) is 11.2. The highest BCUT2D eigenvalue weighted by Crippen LogP contribution is 2.39. The van der Waals surface area contributed by atoms with Gasteiger partial charge in [-0.2, -0.15) is 0 Å². The summed E-state index contributed by atoms with van der Waals surface area (Å²) in [5.41, 5.74) is 14.6. The van der Waals surface area contributed by atoms with Gasteiger partial charge in [0.15, 0.2) is 0 Å². The van der Waals surface area contributed by atoms with Gasteiger partial charge in [-0.05, 0) is 93.5 Å². The van der Waals surface area contributed by atoms with Crippen LogP contribution in [0.4, 0.5) is 17.1 Å². The average molecular weight is 717 g/mol. The summed E-state index contributed by atoms with van der Waals surface area (Å²) in [4.78, 5) is 12.0. The quantitative estimate of drug-likeness (QED) is 0.157. The molecule has 0 amide bonds. The third-order valence-corrected chi connectivity index (χ3v) is 10.5. The van der Waals surface area contributed by atoms with Gasteiger partial charge >= 0.3 is 0 Å². The number of aromatic nitrogens is 3. The van der Waals surface area contributed by atoms with Crippen LogP contribution in [0.1, 0.15) is 0 Å². The third kappa shape index (κ3) is 6.19. The first-order chi connectivity index (χ1) is 27.8. The third-order valence-electron chi connectivity index (χ3n) is 10.5. The maximum absolute atomic E-state index is 4.84. The van der Waals surface area contributed by atoms with Crippen molar-refractivity contribution in [2.24, 2.45) is 0 Å².